The zero-order valence-corrected chi connectivity index (χ0v) is 19.5. The third-order valence-corrected chi connectivity index (χ3v) is 5.44. The van der Waals surface area contributed by atoms with E-state index in [1.165, 1.54) is 11.8 Å². The van der Waals surface area contributed by atoms with E-state index in [9.17, 15) is 4.79 Å². The van der Waals surface area contributed by atoms with Crippen LogP contribution in [0.1, 0.15) is 41.8 Å². The topological polar surface area (TPSA) is 69.9 Å². The summed E-state index contributed by atoms with van der Waals surface area (Å²) in [6, 6.07) is 14.2. The summed E-state index contributed by atoms with van der Waals surface area (Å²) in [6.45, 7) is 5.37. The fraction of sp³-hybridized carbons (Fsp3) is 0.455. The molecule has 1 fully saturated rings. The van der Waals surface area contributed by atoms with Crippen LogP contribution >= 0.6 is 24.0 Å². The molecule has 2 unspecified atom stereocenters. The molecule has 1 amide bonds. The number of hydrogen-bond acceptors (Lipinski definition) is 3. The average Bonchev–Trinajstić information content (AvgIpc) is 3.29. The lowest BCUT2D eigenvalue weighted by Gasteiger charge is -2.40. The van der Waals surface area contributed by atoms with E-state index in [4.69, 9.17) is 4.42 Å². The van der Waals surface area contributed by atoms with Crippen LogP contribution in [-0.4, -0.2) is 50.0 Å². The van der Waals surface area contributed by atoms with Crippen LogP contribution in [0.3, 0.4) is 0 Å². The number of nitrogens with zero attached hydrogens (tertiary/aromatic N) is 2. The van der Waals surface area contributed by atoms with Gasteiger partial charge in [0, 0.05) is 33.2 Å². The molecule has 2 atom stereocenters. The highest BCUT2D eigenvalue weighted by Crippen LogP contribution is 2.34. The number of rotatable bonds is 6. The molecule has 1 aliphatic heterocycles. The lowest BCUT2D eigenvalue weighted by Crippen LogP contribution is -2.49. The first-order valence-electron chi connectivity index (χ1n) is 10.0. The Labute approximate surface area is 190 Å². The van der Waals surface area contributed by atoms with Gasteiger partial charge in [0.05, 0.1) is 6.26 Å². The third-order valence-electron chi connectivity index (χ3n) is 5.44. The smallest absolute Gasteiger partial charge is 0.287 e. The highest BCUT2D eigenvalue weighted by atomic mass is 127. The Bertz CT molecular complexity index is 764. The largest absolute Gasteiger partial charge is 0.459 e. The number of benzene rings is 1. The Morgan fingerprint density at radius 1 is 1.17 bits per heavy atom. The molecule has 0 saturated carbocycles. The van der Waals surface area contributed by atoms with E-state index >= 15 is 0 Å². The predicted octanol–water partition coefficient (Wildman–Crippen LogP) is 3.72. The molecule has 6 nitrogen and oxygen atoms in total. The predicted molar refractivity (Wildman–Crippen MR) is 127 cm³/mol. The zero-order valence-electron chi connectivity index (χ0n) is 17.1. The van der Waals surface area contributed by atoms with Crippen molar-refractivity contribution in [3.8, 4) is 0 Å². The number of guanidine groups is 1. The molecule has 0 aliphatic carbocycles. The Morgan fingerprint density at radius 2 is 1.93 bits per heavy atom. The number of carbonyl (C=O) groups is 1. The maximum atomic E-state index is 11.9. The summed E-state index contributed by atoms with van der Waals surface area (Å²) < 4.78 is 5.10. The minimum absolute atomic E-state index is 0. The van der Waals surface area contributed by atoms with Gasteiger partial charge in [-0.15, -0.1) is 24.0 Å². The van der Waals surface area contributed by atoms with E-state index in [1.54, 1.807) is 12.1 Å². The monoisotopic (exact) mass is 510 g/mol. The average molecular weight is 510 g/mol. The van der Waals surface area contributed by atoms with Crippen molar-refractivity contribution in [1.29, 1.82) is 0 Å². The minimum Gasteiger partial charge on any atom is -0.459 e. The first-order valence-corrected chi connectivity index (χ1v) is 10.0. The van der Waals surface area contributed by atoms with Gasteiger partial charge in [0.1, 0.15) is 0 Å². The highest BCUT2D eigenvalue weighted by molar-refractivity contribution is 14.0. The number of hydrogen-bond donors (Lipinski definition) is 2. The molecule has 158 valence electrons. The van der Waals surface area contributed by atoms with Gasteiger partial charge < -0.3 is 20.0 Å². The van der Waals surface area contributed by atoms with Crippen LogP contribution in [-0.2, 0) is 0 Å². The van der Waals surface area contributed by atoms with Gasteiger partial charge >= 0.3 is 0 Å². The summed E-state index contributed by atoms with van der Waals surface area (Å²) in [7, 11) is 1.81. The second-order valence-corrected chi connectivity index (χ2v) is 7.13. The van der Waals surface area contributed by atoms with Gasteiger partial charge in [0.25, 0.3) is 5.91 Å². The Hall–Kier alpha value is -2.03. The first-order chi connectivity index (χ1) is 13.7. The van der Waals surface area contributed by atoms with Gasteiger partial charge in [0.2, 0.25) is 0 Å². The molecule has 2 aromatic rings. The molecule has 0 bridgehead atoms. The van der Waals surface area contributed by atoms with Crippen molar-refractivity contribution in [3.05, 3.63) is 60.1 Å². The van der Waals surface area contributed by atoms with Gasteiger partial charge in [-0.2, -0.15) is 0 Å². The van der Waals surface area contributed by atoms with Crippen LogP contribution in [0.2, 0.25) is 0 Å². The number of carbonyl (C=O) groups excluding carboxylic acids is 1. The molecular formula is C22H31IN4O2. The third kappa shape index (κ3) is 6.22. The van der Waals surface area contributed by atoms with Crippen LogP contribution in [0.4, 0.5) is 0 Å². The zero-order chi connectivity index (χ0) is 19.8. The fourth-order valence-electron chi connectivity index (χ4n) is 3.95. The van der Waals surface area contributed by atoms with Crippen molar-refractivity contribution in [3.63, 3.8) is 0 Å². The maximum absolute atomic E-state index is 11.9. The number of piperidine rings is 1. The van der Waals surface area contributed by atoms with Gasteiger partial charge in [-0.1, -0.05) is 43.7 Å². The molecule has 2 heterocycles. The van der Waals surface area contributed by atoms with Crippen molar-refractivity contribution < 1.29 is 9.21 Å². The van der Waals surface area contributed by atoms with E-state index in [0.29, 0.717) is 30.7 Å². The molecule has 1 aromatic carbocycles. The summed E-state index contributed by atoms with van der Waals surface area (Å²) in [5.41, 5.74) is 1.44. The van der Waals surface area contributed by atoms with Crippen molar-refractivity contribution >= 4 is 35.8 Å². The maximum Gasteiger partial charge on any atom is 0.287 e. The number of halogens is 1. The molecule has 7 heteroatoms. The van der Waals surface area contributed by atoms with Crippen LogP contribution in [0.25, 0.3) is 0 Å². The lowest BCUT2D eigenvalue weighted by molar-refractivity contribution is 0.0926. The molecule has 1 aromatic heterocycles. The summed E-state index contributed by atoms with van der Waals surface area (Å²) in [6.07, 6.45) is 3.77. The summed E-state index contributed by atoms with van der Waals surface area (Å²) in [5, 5.41) is 6.22. The fourth-order valence-corrected chi connectivity index (χ4v) is 3.95. The second kappa shape index (κ2) is 11.8. The van der Waals surface area contributed by atoms with Gasteiger partial charge in [-0.05, 0) is 36.0 Å². The normalized spacial score (nSPS) is 19.4. The first kappa shape index (κ1) is 23.3. The lowest BCUT2D eigenvalue weighted by atomic mass is 9.79. The molecule has 1 saturated heterocycles. The van der Waals surface area contributed by atoms with Gasteiger partial charge in [-0.3, -0.25) is 9.79 Å². The second-order valence-electron chi connectivity index (χ2n) is 7.13. The van der Waals surface area contributed by atoms with E-state index in [-0.39, 0.29) is 29.9 Å². The van der Waals surface area contributed by atoms with Crippen molar-refractivity contribution in [2.75, 3.05) is 33.2 Å². The molecule has 0 spiro atoms. The molecule has 2 N–H and O–H groups in total. The summed E-state index contributed by atoms with van der Waals surface area (Å²) >= 11 is 0. The standard InChI is InChI=1S/C22H30N4O2.HI/c1-3-17-16-26(14-11-19(17)18-8-5-4-6-9-18)22(23-2)25-13-12-24-21(27)20-10-7-15-28-20;/h4-10,15,17,19H,3,11-14,16H2,1-2H3,(H,23,25)(H,24,27);1H. The van der Waals surface area contributed by atoms with E-state index < -0.39 is 0 Å². The number of aliphatic imine (C=N–C) groups is 1. The van der Waals surface area contributed by atoms with Gasteiger partial charge in [0.15, 0.2) is 11.7 Å². The number of likely N-dealkylation sites (tertiary alicyclic amines) is 1. The van der Waals surface area contributed by atoms with E-state index in [2.05, 4.69) is 57.8 Å². The molecule has 29 heavy (non-hydrogen) atoms. The molecule has 0 radical (unpaired) electrons. The van der Waals surface area contributed by atoms with Crippen LogP contribution < -0.4 is 10.6 Å². The Kier molecular flexibility index (Phi) is 9.50. The van der Waals surface area contributed by atoms with Crippen LogP contribution in [0.5, 0.6) is 0 Å². The van der Waals surface area contributed by atoms with Crippen molar-refractivity contribution in [1.82, 2.24) is 15.5 Å². The van der Waals surface area contributed by atoms with Crippen LogP contribution in [0, 0.1) is 5.92 Å². The highest BCUT2D eigenvalue weighted by Gasteiger charge is 2.30. The Balaban J connectivity index is 0.00000300. The van der Waals surface area contributed by atoms with Gasteiger partial charge in [-0.25, -0.2) is 0 Å². The number of amides is 1. The summed E-state index contributed by atoms with van der Waals surface area (Å²) in [4.78, 5) is 18.7. The number of furan rings is 1. The minimum atomic E-state index is -0.198. The van der Waals surface area contributed by atoms with Crippen LogP contribution in [0.15, 0.2) is 58.1 Å². The molecule has 1 aliphatic rings. The van der Waals surface area contributed by atoms with Crippen molar-refractivity contribution in [2.45, 2.75) is 25.7 Å². The summed E-state index contributed by atoms with van der Waals surface area (Å²) in [5.74, 6) is 2.24. The SMILES string of the molecule is CCC1CN(C(=NC)NCCNC(=O)c2ccco2)CCC1c1ccccc1.I. The number of nitrogens with one attached hydrogen (secondary N) is 2. The molecular weight excluding hydrogens is 479 g/mol. The molecule has 3 rings (SSSR count). The van der Waals surface area contributed by atoms with Crippen molar-refractivity contribution in [2.24, 2.45) is 10.9 Å². The Morgan fingerprint density at radius 3 is 2.59 bits per heavy atom. The quantitative estimate of drug-likeness (QED) is 0.269. The van der Waals surface area contributed by atoms with E-state index in [1.807, 2.05) is 7.05 Å². The van der Waals surface area contributed by atoms with E-state index in [0.717, 1.165) is 31.9 Å².